The fourth-order valence-electron chi connectivity index (χ4n) is 4.35. The standard InChI is InChI=1S/C27H30FN3O5S/c1-18-15-31(19(2)17-32)37(34,35)26-10-9-20(22-7-5-11-29-14-22)13-24(26)36-25(18)16-30(3)27(33)21-6-4-8-23(28)12-21/h4-14,18-19,25,32H,15-17H2,1-3H3/t18-,19+,25+/m0/s1. The van der Waals surface area contributed by atoms with Crippen LogP contribution in [0.2, 0.25) is 0 Å². The van der Waals surface area contributed by atoms with Crippen molar-refractivity contribution in [1.29, 1.82) is 0 Å². The molecule has 10 heteroatoms. The summed E-state index contributed by atoms with van der Waals surface area (Å²) < 4.78 is 48.6. The maximum absolute atomic E-state index is 13.7. The highest BCUT2D eigenvalue weighted by atomic mass is 32.2. The molecular weight excluding hydrogens is 497 g/mol. The number of hydrogen-bond donors (Lipinski definition) is 1. The number of amides is 1. The maximum atomic E-state index is 13.7. The molecule has 0 unspecified atom stereocenters. The number of aliphatic hydroxyl groups excluding tert-OH is 1. The van der Waals surface area contributed by atoms with Crippen molar-refractivity contribution >= 4 is 15.9 Å². The molecule has 0 fully saturated rings. The van der Waals surface area contributed by atoms with Crippen molar-refractivity contribution in [3.8, 4) is 16.9 Å². The Morgan fingerprint density at radius 2 is 2.00 bits per heavy atom. The number of likely N-dealkylation sites (N-methyl/N-ethyl adjacent to an activating group) is 1. The third-order valence-corrected chi connectivity index (χ3v) is 8.55. The van der Waals surface area contributed by atoms with Crippen LogP contribution in [0.3, 0.4) is 0 Å². The number of aromatic nitrogens is 1. The summed E-state index contributed by atoms with van der Waals surface area (Å²) in [5.41, 5.74) is 1.72. The van der Waals surface area contributed by atoms with E-state index < -0.39 is 28.0 Å². The molecule has 1 amide bonds. The average Bonchev–Trinajstić information content (AvgIpc) is 2.90. The maximum Gasteiger partial charge on any atom is 0.253 e. The fraction of sp³-hybridized carbons (Fsp3) is 0.333. The van der Waals surface area contributed by atoms with Crippen LogP contribution in [-0.2, 0) is 10.0 Å². The van der Waals surface area contributed by atoms with E-state index in [4.69, 9.17) is 4.74 Å². The predicted molar refractivity (Wildman–Crippen MR) is 137 cm³/mol. The van der Waals surface area contributed by atoms with Gasteiger partial charge in [-0.05, 0) is 48.9 Å². The molecule has 0 bridgehead atoms. The van der Waals surface area contributed by atoms with Crippen LogP contribution in [-0.4, -0.2) is 72.5 Å². The second kappa shape index (κ2) is 11.0. The number of sulfonamides is 1. The van der Waals surface area contributed by atoms with Gasteiger partial charge in [0.15, 0.2) is 0 Å². The summed E-state index contributed by atoms with van der Waals surface area (Å²) in [6.07, 6.45) is 2.73. The molecule has 2 heterocycles. The van der Waals surface area contributed by atoms with Gasteiger partial charge in [0.1, 0.15) is 22.6 Å². The van der Waals surface area contributed by atoms with Crippen molar-refractivity contribution in [2.45, 2.75) is 30.9 Å². The number of aliphatic hydroxyl groups is 1. The minimum absolute atomic E-state index is 0.0172. The van der Waals surface area contributed by atoms with Crippen LogP contribution in [0.5, 0.6) is 5.75 Å². The van der Waals surface area contributed by atoms with E-state index in [0.717, 1.165) is 11.1 Å². The van der Waals surface area contributed by atoms with Crippen molar-refractivity contribution < 1.29 is 27.4 Å². The van der Waals surface area contributed by atoms with Gasteiger partial charge in [-0.1, -0.05) is 25.1 Å². The number of carbonyl (C=O) groups excluding carboxylic acids is 1. The fourth-order valence-corrected chi connectivity index (χ4v) is 6.18. The quantitative estimate of drug-likeness (QED) is 0.527. The van der Waals surface area contributed by atoms with Gasteiger partial charge in [0.05, 0.1) is 13.2 Å². The molecule has 0 spiro atoms. The van der Waals surface area contributed by atoms with E-state index >= 15 is 0 Å². The van der Waals surface area contributed by atoms with Crippen LogP contribution in [0.4, 0.5) is 4.39 Å². The first-order valence-electron chi connectivity index (χ1n) is 12.0. The van der Waals surface area contributed by atoms with Crippen LogP contribution < -0.4 is 4.74 Å². The Morgan fingerprint density at radius 3 is 2.68 bits per heavy atom. The second-order valence-corrected chi connectivity index (χ2v) is 11.2. The molecule has 8 nitrogen and oxygen atoms in total. The van der Waals surface area contributed by atoms with Gasteiger partial charge in [0.2, 0.25) is 10.0 Å². The van der Waals surface area contributed by atoms with Gasteiger partial charge in [0.25, 0.3) is 5.91 Å². The van der Waals surface area contributed by atoms with Crippen molar-refractivity contribution in [2.24, 2.45) is 5.92 Å². The molecule has 1 aliphatic heterocycles. The summed E-state index contributed by atoms with van der Waals surface area (Å²) in [5, 5.41) is 9.81. The third kappa shape index (κ3) is 5.66. The highest BCUT2D eigenvalue weighted by molar-refractivity contribution is 7.89. The normalized spacial score (nSPS) is 20.1. The van der Waals surface area contributed by atoms with Crippen molar-refractivity contribution in [1.82, 2.24) is 14.2 Å². The largest absolute Gasteiger partial charge is 0.487 e. The highest BCUT2D eigenvalue weighted by Gasteiger charge is 2.38. The number of pyridine rings is 1. The Morgan fingerprint density at radius 1 is 1.22 bits per heavy atom. The summed E-state index contributed by atoms with van der Waals surface area (Å²) in [7, 11) is -2.39. The Hall–Kier alpha value is -3.34. The molecule has 0 aliphatic carbocycles. The molecular formula is C27H30FN3O5S. The zero-order valence-corrected chi connectivity index (χ0v) is 21.7. The Balaban J connectivity index is 1.74. The lowest BCUT2D eigenvalue weighted by molar-refractivity contribution is 0.0563. The lowest BCUT2D eigenvalue weighted by Gasteiger charge is -2.37. The molecule has 0 saturated heterocycles. The summed E-state index contributed by atoms with van der Waals surface area (Å²) in [5.74, 6) is -1.08. The first-order chi connectivity index (χ1) is 17.6. The molecule has 0 saturated carbocycles. The van der Waals surface area contributed by atoms with Gasteiger partial charge in [-0.25, -0.2) is 12.8 Å². The van der Waals surface area contributed by atoms with E-state index in [2.05, 4.69) is 4.98 Å². The number of benzene rings is 2. The molecule has 196 valence electrons. The van der Waals surface area contributed by atoms with Crippen LogP contribution >= 0.6 is 0 Å². The summed E-state index contributed by atoms with van der Waals surface area (Å²) >= 11 is 0. The zero-order chi connectivity index (χ0) is 26.7. The Kier molecular flexibility index (Phi) is 7.91. The van der Waals surface area contributed by atoms with E-state index in [1.165, 1.54) is 39.5 Å². The van der Waals surface area contributed by atoms with Crippen molar-refractivity contribution in [2.75, 3.05) is 26.7 Å². The third-order valence-electron chi connectivity index (χ3n) is 6.53. The topological polar surface area (TPSA) is 100 Å². The van der Waals surface area contributed by atoms with E-state index in [1.807, 2.05) is 13.0 Å². The molecule has 37 heavy (non-hydrogen) atoms. The number of nitrogens with zero attached hydrogens (tertiary/aromatic N) is 3. The van der Waals surface area contributed by atoms with Gasteiger partial charge in [-0.15, -0.1) is 0 Å². The van der Waals surface area contributed by atoms with E-state index in [1.54, 1.807) is 44.6 Å². The van der Waals surface area contributed by atoms with E-state index in [9.17, 15) is 22.7 Å². The Labute approximate surface area is 216 Å². The van der Waals surface area contributed by atoms with Gasteiger partial charge < -0.3 is 14.7 Å². The average molecular weight is 528 g/mol. The molecule has 3 aromatic rings. The minimum atomic E-state index is -3.99. The number of carbonyl (C=O) groups is 1. The second-order valence-electron chi connectivity index (χ2n) is 9.34. The zero-order valence-electron chi connectivity index (χ0n) is 20.9. The van der Waals surface area contributed by atoms with E-state index in [0.29, 0.717) is 0 Å². The number of halogens is 1. The summed E-state index contributed by atoms with van der Waals surface area (Å²) in [4.78, 5) is 18.6. The van der Waals surface area contributed by atoms with Gasteiger partial charge >= 0.3 is 0 Å². The van der Waals surface area contributed by atoms with Crippen LogP contribution in [0, 0.1) is 11.7 Å². The Bertz CT molecular complexity index is 1370. The van der Waals surface area contributed by atoms with Crippen molar-refractivity contribution in [3.05, 3.63) is 78.4 Å². The smallest absolute Gasteiger partial charge is 0.253 e. The number of hydrogen-bond acceptors (Lipinski definition) is 6. The van der Waals surface area contributed by atoms with Gasteiger partial charge in [0, 0.05) is 49.1 Å². The molecule has 2 aromatic carbocycles. The van der Waals surface area contributed by atoms with Crippen LogP contribution in [0.1, 0.15) is 24.2 Å². The first kappa shape index (κ1) is 26.7. The van der Waals surface area contributed by atoms with Crippen LogP contribution in [0.25, 0.3) is 11.1 Å². The molecule has 1 aliphatic rings. The highest BCUT2D eigenvalue weighted by Crippen LogP contribution is 2.36. The molecule has 1 aromatic heterocycles. The number of fused-ring (bicyclic) bond motifs is 1. The molecule has 0 radical (unpaired) electrons. The molecule has 1 N–H and O–H groups in total. The van der Waals surface area contributed by atoms with Gasteiger partial charge in [-0.2, -0.15) is 4.31 Å². The molecule has 3 atom stereocenters. The van der Waals surface area contributed by atoms with Crippen molar-refractivity contribution in [3.63, 3.8) is 0 Å². The van der Waals surface area contributed by atoms with Gasteiger partial charge in [-0.3, -0.25) is 9.78 Å². The predicted octanol–water partition coefficient (Wildman–Crippen LogP) is 3.43. The lowest BCUT2D eigenvalue weighted by Crippen LogP contribution is -2.50. The number of rotatable bonds is 6. The SMILES string of the molecule is C[C@H](CO)N1C[C@H](C)[C@@H](CN(C)C(=O)c2cccc(F)c2)Oc2cc(-c3cccnc3)ccc2S1(=O)=O. The van der Waals surface area contributed by atoms with E-state index in [-0.39, 0.29) is 47.7 Å². The first-order valence-corrected chi connectivity index (χ1v) is 13.4. The monoisotopic (exact) mass is 527 g/mol. The van der Waals surface area contributed by atoms with Crippen LogP contribution in [0.15, 0.2) is 71.9 Å². The molecule has 4 rings (SSSR count). The summed E-state index contributed by atoms with van der Waals surface area (Å²) in [6, 6.07) is 13.3. The lowest BCUT2D eigenvalue weighted by atomic mass is 10.0. The minimum Gasteiger partial charge on any atom is -0.487 e. The number of ether oxygens (including phenoxy) is 1. The summed E-state index contributed by atoms with van der Waals surface area (Å²) in [6.45, 7) is 3.35.